The molecule has 0 unspecified atom stereocenters. The zero-order valence-electron chi connectivity index (χ0n) is 11.7. The van der Waals surface area contributed by atoms with E-state index in [4.69, 9.17) is 4.74 Å². The van der Waals surface area contributed by atoms with Crippen LogP contribution >= 0.6 is 0 Å². The summed E-state index contributed by atoms with van der Waals surface area (Å²) >= 11 is 0. The predicted octanol–water partition coefficient (Wildman–Crippen LogP) is 2.29. The minimum Gasteiger partial charge on any atom is -0.493 e. The molecule has 0 aliphatic carbocycles. The Labute approximate surface area is 114 Å². The summed E-state index contributed by atoms with van der Waals surface area (Å²) in [6.07, 6.45) is 0.967. The Morgan fingerprint density at radius 3 is 2.84 bits per heavy atom. The molecular formula is C15H22N2O2. The van der Waals surface area contributed by atoms with Crippen molar-refractivity contribution in [2.45, 2.75) is 20.3 Å². The zero-order chi connectivity index (χ0) is 13.7. The van der Waals surface area contributed by atoms with Crippen molar-refractivity contribution in [3.8, 4) is 5.75 Å². The quantitative estimate of drug-likeness (QED) is 0.904. The third-order valence-corrected chi connectivity index (χ3v) is 3.55. The Hall–Kier alpha value is -1.71. The molecule has 104 valence electrons. The van der Waals surface area contributed by atoms with Crippen LogP contribution in [0.25, 0.3) is 0 Å². The van der Waals surface area contributed by atoms with Crippen LogP contribution in [0.1, 0.15) is 19.4 Å². The maximum absolute atomic E-state index is 11.9. The highest BCUT2D eigenvalue weighted by atomic mass is 16.5. The lowest BCUT2D eigenvalue weighted by atomic mass is 9.97. The van der Waals surface area contributed by atoms with Crippen molar-refractivity contribution in [1.29, 1.82) is 0 Å². The smallest absolute Gasteiger partial charge is 0.317 e. The van der Waals surface area contributed by atoms with Crippen molar-refractivity contribution in [1.82, 2.24) is 10.2 Å². The number of amides is 2. The molecule has 4 heteroatoms. The van der Waals surface area contributed by atoms with E-state index in [1.807, 2.05) is 32.0 Å². The molecule has 1 aliphatic heterocycles. The number of hydrogen-bond acceptors (Lipinski definition) is 2. The Morgan fingerprint density at radius 1 is 1.37 bits per heavy atom. The van der Waals surface area contributed by atoms with Crippen molar-refractivity contribution in [3.05, 3.63) is 29.8 Å². The maximum Gasteiger partial charge on any atom is 0.317 e. The molecule has 2 rings (SSSR count). The highest BCUT2D eigenvalue weighted by Gasteiger charge is 2.20. The molecule has 0 spiro atoms. The van der Waals surface area contributed by atoms with Crippen LogP contribution in [0.4, 0.5) is 4.79 Å². The van der Waals surface area contributed by atoms with Gasteiger partial charge in [-0.15, -0.1) is 0 Å². The van der Waals surface area contributed by atoms with Gasteiger partial charge in [0.1, 0.15) is 5.75 Å². The minimum absolute atomic E-state index is 0.0175. The first kappa shape index (κ1) is 13.7. The molecule has 1 atom stereocenters. The van der Waals surface area contributed by atoms with Gasteiger partial charge in [-0.1, -0.05) is 18.2 Å². The highest BCUT2D eigenvalue weighted by molar-refractivity contribution is 5.74. The first-order valence-electron chi connectivity index (χ1n) is 6.98. The van der Waals surface area contributed by atoms with Gasteiger partial charge in [-0.3, -0.25) is 0 Å². The highest BCUT2D eigenvalue weighted by Crippen LogP contribution is 2.26. The van der Waals surface area contributed by atoms with Crippen LogP contribution in [0.3, 0.4) is 0 Å². The van der Waals surface area contributed by atoms with E-state index in [1.165, 1.54) is 5.56 Å². The van der Waals surface area contributed by atoms with Crippen LogP contribution in [0.15, 0.2) is 24.3 Å². The first-order chi connectivity index (χ1) is 9.24. The minimum atomic E-state index is 0.0175. The number of para-hydroxylation sites is 1. The van der Waals surface area contributed by atoms with Crippen LogP contribution in [0, 0.1) is 5.92 Å². The number of hydrogen-bond donors (Lipinski definition) is 1. The Balaban J connectivity index is 1.84. The molecule has 19 heavy (non-hydrogen) atoms. The molecule has 0 bridgehead atoms. The van der Waals surface area contributed by atoms with Gasteiger partial charge in [0.15, 0.2) is 0 Å². The predicted molar refractivity (Wildman–Crippen MR) is 75.5 cm³/mol. The summed E-state index contributed by atoms with van der Waals surface area (Å²) in [5.41, 5.74) is 1.23. The third-order valence-electron chi connectivity index (χ3n) is 3.55. The van der Waals surface area contributed by atoms with Gasteiger partial charge in [0.05, 0.1) is 6.61 Å². The molecule has 0 aromatic heterocycles. The molecule has 1 aliphatic rings. The van der Waals surface area contributed by atoms with E-state index in [9.17, 15) is 4.79 Å². The van der Waals surface area contributed by atoms with Crippen molar-refractivity contribution < 1.29 is 9.53 Å². The van der Waals surface area contributed by atoms with E-state index in [0.717, 1.165) is 25.3 Å². The third kappa shape index (κ3) is 3.40. The summed E-state index contributed by atoms with van der Waals surface area (Å²) in [5.74, 6) is 1.34. The summed E-state index contributed by atoms with van der Waals surface area (Å²) in [5, 5.41) is 2.99. The zero-order valence-corrected chi connectivity index (χ0v) is 11.7. The fourth-order valence-corrected chi connectivity index (χ4v) is 2.38. The second kappa shape index (κ2) is 6.45. The Morgan fingerprint density at radius 2 is 2.11 bits per heavy atom. The van der Waals surface area contributed by atoms with Gasteiger partial charge >= 0.3 is 6.03 Å². The van der Waals surface area contributed by atoms with Crippen LogP contribution < -0.4 is 10.1 Å². The number of carbonyl (C=O) groups is 1. The summed E-state index contributed by atoms with van der Waals surface area (Å²) in [4.78, 5) is 13.7. The molecule has 0 fully saturated rings. The van der Waals surface area contributed by atoms with E-state index in [1.54, 1.807) is 4.90 Å². The first-order valence-corrected chi connectivity index (χ1v) is 6.98. The lowest BCUT2D eigenvalue weighted by Gasteiger charge is -2.26. The normalized spacial score (nSPS) is 17.3. The SMILES string of the molecule is CCN(CC)C(=O)NC[C@H]1COc2ccccc2C1. The number of carbonyl (C=O) groups excluding carboxylic acids is 1. The molecule has 1 aromatic rings. The summed E-state index contributed by atoms with van der Waals surface area (Å²) in [6.45, 7) is 6.81. The molecule has 2 amide bonds. The second-order valence-electron chi connectivity index (χ2n) is 4.85. The number of benzene rings is 1. The van der Waals surface area contributed by atoms with Crippen molar-refractivity contribution in [2.75, 3.05) is 26.2 Å². The average molecular weight is 262 g/mol. The number of nitrogens with one attached hydrogen (secondary N) is 1. The van der Waals surface area contributed by atoms with Crippen molar-refractivity contribution >= 4 is 6.03 Å². The fourth-order valence-electron chi connectivity index (χ4n) is 2.38. The Bertz CT molecular complexity index is 430. The van der Waals surface area contributed by atoms with Gasteiger partial charge in [-0.05, 0) is 31.9 Å². The van der Waals surface area contributed by atoms with Gasteiger partial charge in [0, 0.05) is 25.6 Å². The van der Waals surface area contributed by atoms with Crippen LogP contribution in [-0.4, -0.2) is 37.2 Å². The van der Waals surface area contributed by atoms with E-state index >= 15 is 0 Å². The van der Waals surface area contributed by atoms with E-state index < -0.39 is 0 Å². The van der Waals surface area contributed by atoms with Crippen LogP contribution in [-0.2, 0) is 6.42 Å². The summed E-state index contributed by atoms with van der Waals surface area (Å²) < 4.78 is 5.72. The molecule has 1 heterocycles. The lowest BCUT2D eigenvalue weighted by molar-refractivity contribution is 0.190. The molecule has 0 saturated carbocycles. The average Bonchev–Trinajstić information content (AvgIpc) is 2.46. The molecule has 0 radical (unpaired) electrons. The molecule has 1 N–H and O–H groups in total. The van der Waals surface area contributed by atoms with Crippen LogP contribution in [0.5, 0.6) is 5.75 Å². The number of ether oxygens (including phenoxy) is 1. The number of nitrogens with zero attached hydrogens (tertiary/aromatic N) is 1. The molecule has 4 nitrogen and oxygen atoms in total. The largest absolute Gasteiger partial charge is 0.493 e. The van der Waals surface area contributed by atoms with Gasteiger partial charge in [-0.25, -0.2) is 4.79 Å². The van der Waals surface area contributed by atoms with E-state index in [-0.39, 0.29) is 6.03 Å². The van der Waals surface area contributed by atoms with E-state index in [2.05, 4.69) is 11.4 Å². The second-order valence-corrected chi connectivity index (χ2v) is 4.85. The van der Waals surface area contributed by atoms with Crippen LogP contribution in [0.2, 0.25) is 0 Å². The van der Waals surface area contributed by atoms with Crippen molar-refractivity contribution in [3.63, 3.8) is 0 Å². The van der Waals surface area contributed by atoms with E-state index in [0.29, 0.717) is 19.1 Å². The summed E-state index contributed by atoms with van der Waals surface area (Å²) in [7, 11) is 0. The summed E-state index contributed by atoms with van der Waals surface area (Å²) in [6, 6.07) is 8.12. The van der Waals surface area contributed by atoms with Gasteiger partial charge < -0.3 is 15.0 Å². The topological polar surface area (TPSA) is 41.6 Å². The van der Waals surface area contributed by atoms with Gasteiger partial charge in [-0.2, -0.15) is 0 Å². The fraction of sp³-hybridized carbons (Fsp3) is 0.533. The van der Waals surface area contributed by atoms with Crippen molar-refractivity contribution in [2.24, 2.45) is 5.92 Å². The van der Waals surface area contributed by atoms with Gasteiger partial charge in [0.2, 0.25) is 0 Å². The number of urea groups is 1. The molecular weight excluding hydrogens is 240 g/mol. The monoisotopic (exact) mass is 262 g/mol. The molecule has 0 saturated heterocycles. The molecule has 1 aromatic carbocycles. The number of rotatable bonds is 4. The lowest BCUT2D eigenvalue weighted by Crippen LogP contribution is -2.43. The van der Waals surface area contributed by atoms with Gasteiger partial charge in [0.25, 0.3) is 0 Å². The standard InChI is InChI=1S/C15H22N2O2/c1-3-17(4-2)15(18)16-10-12-9-13-7-5-6-8-14(13)19-11-12/h5-8,12H,3-4,9-11H2,1-2H3,(H,16,18)/t12-/m0/s1. The maximum atomic E-state index is 11.9. The number of fused-ring (bicyclic) bond motifs is 1. The Kier molecular flexibility index (Phi) is 4.66.